The molecule has 0 unspecified atom stereocenters. The lowest BCUT2D eigenvalue weighted by Crippen LogP contribution is -1.98. The molecule has 0 spiro atoms. The Kier molecular flexibility index (Phi) is 6.50. The predicted octanol–water partition coefficient (Wildman–Crippen LogP) is 4.27. The molecule has 0 radical (unpaired) electrons. The van der Waals surface area contributed by atoms with Crippen molar-refractivity contribution in [2.75, 3.05) is 20.8 Å². The van der Waals surface area contributed by atoms with Crippen LogP contribution in [-0.4, -0.2) is 26.6 Å². The Bertz CT molecular complexity index is 834. The SMILES string of the molecule is C#CCOc1c(Cl)cc(/C=C/C(=O)c2cccc(OC)c2)cc1OC. The Morgan fingerprint density at radius 2 is 2.04 bits per heavy atom. The maximum absolute atomic E-state index is 12.3. The standard InChI is InChI=1S/C20H17ClO4/c1-4-10-25-20-17(21)11-14(12-19(20)24-3)8-9-18(22)15-6-5-7-16(13-15)23-2/h1,5-9,11-13H,10H2,2-3H3/b9-8+. The highest BCUT2D eigenvalue weighted by atomic mass is 35.5. The summed E-state index contributed by atoms with van der Waals surface area (Å²) >= 11 is 6.21. The number of methoxy groups -OCH3 is 2. The number of terminal acetylenes is 1. The fourth-order valence-corrected chi connectivity index (χ4v) is 2.41. The Hall–Kier alpha value is -2.90. The molecule has 0 heterocycles. The zero-order chi connectivity index (χ0) is 18.2. The summed E-state index contributed by atoms with van der Waals surface area (Å²) in [6.45, 7) is 0.0829. The topological polar surface area (TPSA) is 44.8 Å². The normalized spacial score (nSPS) is 10.3. The van der Waals surface area contributed by atoms with Crippen LogP contribution in [0, 0.1) is 12.3 Å². The van der Waals surface area contributed by atoms with Crippen LogP contribution in [0.4, 0.5) is 0 Å². The minimum atomic E-state index is -0.151. The van der Waals surface area contributed by atoms with E-state index in [0.717, 1.165) is 0 Å². The molecular weight excluding hydrogens is 340 g/mol. The molecule has 0 saturated heterocycles. The van der Waals surface area contributed by atoms with E-state index < -0.39 is 0 Å². The van der Waals surface area contributed by atoms with Crippen LogP contribution >= 0.6 is 11.6 Å². The number of allylic oxidation sites excluding steroid dienone is 1. The van der Waals surface area contributed by atoms with Crippen molar-refractivity contribution < 1.29 is 19.0 Å². The van der Waals surface area contributed by atoms with Crippen molar-refractivity contribution in [1.29, 1.82) is 0 Å². The van der Waals surface area contributed by atoms with Crippen LogP contribution in [0.3, 0.4) is 0 Å². The number of halogens is 1. The van der Waals surface area contributed by atoms with Gasteiger partial charge in [-0.1, -0.05) is 35.7 Å². The summed E-state index contributed by atoms with van der Waals surface area (Å²) in [4.78, 5) is 12.3. The number of hydrogen-bond acceptors (Lipinski definition) is 4. The third kappa shape index (κ3) is 4.79. The number of rotatable bonds is 7. The van der Waals surface area contributed by atoms with Gasteiger partial charge in [0.2, 0.25) is 0 Å². The minimum Gasteiger partial charge on any atom is -0.497 e. The second-order valence-electron chi connectivity index (χ2n) is 4.96. The summed E-state index contributed by atoms with van der Waals surface area (Å²) in [5.74, 6) is 3.66. The van der Waals surface area contributed by atoms with Crippen LogP contribution in [0.2, 0.25) is 5.02 Å². The lowest BCUT2D eigenvalue weighted by atomic mass is 10.1. The molecule has 0 aromatic heterocycles. The summed E-state index contributed by atoms with van der Waals surface area (Å²) in [5.41, 5.74) is 1.23. The highest BCUT2D eigenvalue weighted by molar-refractivity contribution is 6.32. The van der Waals surface area contributed by atoms with E-state index in [9.17, 15) is 4.79 Å². The molecule has 2 aromatic carbocycles. The second-order valence-corrected chi connectivity index (χ2v) is 5.36. The van der Waals surface area contributed by atoms with Crippen molar-refractivity contribution in [3.05, 3.63) is 58.6 Å². The number of hydrogen-bond donors (Lipinski definition) is 0. The molecule has 5 heteroatoms. The lowest BCUT2D eigenvalue weighted by Gasteiger charge is -2.11. The number of carbonyl (C=O) groups is 1. The number of benzene rings is 2. The number of carbonyl (C=O) groups excluding carboxylic acids is 1. The van der Waals surface area contributed by atoms with Crippen molar-refractivity contribution in [2.45, 2.75) is 0 Å². The molecule has 0 saturated carbocycles. The highest BCUT2D eigenvalue weighted by Crippen LogP contribution is 2.36. The minimum absolute atomic E-state index is 0.0829. The number of ether oxygens (including phenoxy) is 3. The van der Waals surface area contributed by atoms with E-state index in [2.05, 4.69) is 5.92 Å². The van der Waals surface area contributed by atoms with Gasteiger partial charge in [-0.05, 0) is 35.9 Å². The molecule has 0 aliphatic carbocycles. The van der Waals surface area contributed by atoms with Gasteiger partial charge in [-0.2, -0.15) is 0 Å². The summed E-state index contributed by atoms with van der Waals surface area (Å²) in [6.07, 6.45) is 8.30. The van der Waals surface area contributed by atoms with Crippen LogP contribution in [0.25, 0.3) is 6.08 Å². The van der Waals surface area contributed by atoms with Gasteiger partial charge in [0.05, 0.1) is 19.2 Å². The average molecular weight is 357 g/mol. The number of ketones is 1. The van der Waals surface area contributed by atoms with E-state index in [1.165, 1.54) is 13.2 Å². The third-order valence-electron chi connectivity index (χ3n) is 3.33. The lowest BCUT2D eigenvalue weighted by molar-refractivity contribution is 0.104. The quantitative estimate of drug-likeness (QED) is 0.422. The molecule has 0 aliphatic rings. The molecule has 0 aliphatic heterocycles. The van der Waals surface area contributed by atoms with Gasteiger partial charge in [0.1, 0.15) is 12.4 Å². The third-order valence-corrected chi connectivity index (χ3v) is 3.61. The summed E-state index contributed by atoms with van der Waals surface area (Å²) in [6, 6.07) is 10.3. The summed E-state index contributed by atoms with van der Waals surface area (Å²) < 4.78 is 15.8. The fraction of sp³-hybridized carbons (Fsp3) is 0.150. The largest absolute Gasteiger partial charge is 0.497 e. The van der Waals surface area contributed by atoms with Gasteiger partial charge in [0.25, 0.3) is 0 Å². The Morgan fingerprint density at radius 3 is 2.72 bits per heavy atom. The second kappa shape index (κ2) is 8.81. The molecule has 128 valence electrons. The summed E-state index contributed by atoms with van der Waals surface area (Å²) in [7, 11) is 3.06. The molecule has 2 aromatic rings. The molecule has 2 rings (SSSR count). The van der Waals surface area contributed by atoms with Gasteiger partial charge >= 0.3 is 0 Å². The molecule has 0 atom stereocenters. The molecule has 0 N–H and O–H groups in total. The Balaban J connectivity index is 2.24. The molecule has 0 fully saturated rings. The molecule has 0 amide bonds. The van der Waals surface area contributed by atoms with Crippen molar-refractivity contribution in [3.8, 4) is 29.6 Å². The van der Waals surface area contributed by atoms with Gasteiger partial charge in [-0.3, -0.25) is 4.79 Å². The van der Waals surface area contributed by atoms with Crippen molar-refractivity contribution in [3.63, 3.8) is 0 Å². The van der Waals surface area contributed by atoms with Crippen molar-refractivity contribution in [1.82, 2.24) is 0 Å². The fourth-order valence-electron chi connectivity index (χ4n) is 2.13. The highest BCUT2D eigenvalue weighted by Gasteiger charge is 2.11. The van der Waals surface area contributed by atoms with Crippen LogP contribution in [-0.2, 0) is 0 Å². The van der Waals surface area contributed by atoms with Gasteiger partial charge in [0.15, 0.2) is 17.3 Å². The first-order valence-electron chi connectivity index (χ1n) is 7.39. The first-order chi connectivity index (χ1) is 12.1. The van der Waals surface area contributed by atoms with Crippen molar-refractivity contribution >= 4 is 23.5 Å². The Morgan fingerprint density at radius 1 is 1.24 bits per heavy atom. The van der Waals surface area contributed by atoms with E-state index in [0.29, 0.717) is 33.4 Å². The maximum Gasteiger partial charge on any atom is 0.185 e. The van der Waals surface area contributed by atoms with E-state index in [1.54, 1.807) is 49.6 Å². The first-order valence-corrected chi connectivity index (χ1v) is 7.77. The predicted molar refractivity (Wildman–Crippen MR) is 98.7 cm³/mol. The molecule has 4 nitrogen and oxygen atoms in total. The molecule has 0 bridgehead atoms. The zero-order valence-corrected chi connectivity index (χ0v) is 14.7. The smallest absolute Gasteiger partial charge is 0.185 e. The van der Waals surface area contributed by atoms with Gasteiger partial charge < -0.3 is 14.2 Å². The summed E-state index contributed by atoms with van der Waals surface area (Å²) in [5, 5.41) is 0.350. The van der Waals surface area contributed by atoms with Crippen LogP contribution < -0.4 is 14.2 Å². The van der Waals surface area contributed by atoms with Gasteiger partial charge in [-0.25, -0.2) is 0 Å². The average Bonchev–Trinajstić information content (AvgIpc) is 2.64. The van der Waals surface area contributed by atoms with E-state index in [1.807, 2.05) is 0 Å². The van der Waals surface area contributed by atoms with Crippen LogP contribution in [0.5, 0.6) is 17.2 Å². The van der Waals surface area contributed by atoms with E-state index in [-0.39, 0.29) is 12.4 Å². The van der Waals surface area contributed by atoms with Gasteiger partial charge in [-0.15, -0.1) is 6.42 Å². The van der Waals surface area contributed by atoms with E-state index >= 15 is 0 Å². The van der Waals surface area contributed by atoms with Crippen LogP contribution in [0.1, 0.15) is 15.9 Å². The van der Waals surface area contributed by atoms with Crippen molar-refractivity contribution in [2.24, 2.45) is 0 Å². The monoisotopic (exact) mass is 356 g/mol. The maximum atomic E-state index is 12.3. The molecular formula is C20H17ClO4. The zero-order valence-electron chi connectivity index (χ0n) is 13.9. The first kappa shape index (κ1) is 18.4. The Labute approximate surface area is 152 Å². The van der Waals surface area contributed by atoms with E-state index in [4.69, 9.17) is 32.2 Å². The molecule has 25 heavy (non-hydrogen) atoms. The van der Waals surface area contributed by atoms with Gasteiger partial charge in [0, 0.05) is 5.56 Å². The van der Waals surface area contributed by atoms with Crippen LogP contribution in [0.15, 0.2) is 42.5 Å².